The molecule has 0 radical (unpaired) electrons. The molecule has 0 amide bonds. The molecule has 0 saturated carbocycles. The number of hydrogen-bond donors (Lipinski definition) is 1. The number of benzene rings is 1. The van der Waals surface area contributed by atoms with Crippen molar-refractivity contribution in [2.45, 2.75) is 0 Å². The van der Waals surface area contributed by atoms with Gasteiger partial charge in [-0.15, -0.1) is 0 Å². The summed E-state index contributed by atoms with van der Waals surface area (Å²) in [5.41, 5.74) is 0.457. The van der Waals surface area contributed by atoms with Crippen LogP contribution in [0.15, 0.2) is 35.1 Å². The molecular weight excluding hydrogens is 299 g/mol. The molecule has 6 heteroatoms. The monoisotopic (exact) mass is 310 g/mol. The van der Waals surface area contributed by atoms with Gasteiger partial charge in [0.1, 0.15) is 22.4 Å². The Morgan fingerprint density at radius 3 is 2.67 bits per heavy atom. The van der Waals surface area contributed by atoms with Gasteiger partial charge in [-0.1, -0.05) is 12.1 Å². The van der Waals surface area contributed by atoms with E-state index in [-0.39, 0.29) is 5.82 Å². The minimum atomic E-state index is -0.295. The first-order valence-electron chi connectivity index (χ1n) is 5.31. The molecule has 2 rings (SSSR count). The molecule has 2 aromatic rings. The Hall–Kier alpha value is -1.69. The topological polar surface area (TPSA) is 41.1 Å². The van der Waals surface area contributed by atoms with Crippen molar-refractivity contribution in [3.05, 3.63) is 40.9 Å². The van der Waals surface area contributed by atoms with E-state index < -0.39 is 0 Å². The molecule has 0 aliphatic rings. The lowest BCUT2D eigenvalue weighted by Gasteiger charge is -2.20. The Morgan fingerprint density at radius 1 is 1.28 bits per heavy atom. The van der Waals surface area contributed by atoms with Gasteiger partial charge in [-0.3, -0.25) is 0 Å². The molecule has 0 bridgehead atoms. The van der Waals surface area contributed by atoms with Crippen LogP contribution < -0.4 is 10.2 Å². The maximum absolute atomic E-state index is 13.7. The molecule has 0 unspecified atom stereocenters. The average Bonchev–Trinajstić information content (AvgIpc) is 2.39. The van der Waals surface area contributed by atoms with E-state index in [1.165, 1.54) is 12.4 Å². The maximum atomic E-state index is 13.7. The second-order valence-corrected chi connectivity index (χ2v) is 4.41. The number of hydrogen-bond acceptors (Lipinski definition) is 4. The lowest BCUT2D eigenvalue weighted by molar-refractivity contribution is 0.627. The quantitative estimate of drug-likeness (QED) is 0.945. The first-order chi connectivity index (χ1) is 8.65. The van der Waals surface area contributed by atoms with Gasteiger partial charge in [0.25, 0.3) is 0 Å². The summed E-state index contributed by atoms with van der Waals surface area (Å²) in [6, 6.07) is 6.55. The zero-order chi connectivity index (χ0) is 13.1. The zero-order valence-corrected chi connectivity index (χ0v) is 11.6. The number of rotatable bonds is 3. The Kier molecular flexibility index (Phi) is 3.76. The van der Waals surface area contributed by atoms with Gasteiger partial charge in [-0.2, -0.15) is 0 Å². The van der Waals surface area contributed by atoms with Crippen LogP contribution >= 0.6 is 15.9 Å². The van der Waals surface area contributed by atoms with Crippen molar-refractivity contribution in [1.29, 1.82) is 0 Å². The molecule has 94 valence electrons. The van der Waals surface area contributed by atoms with Crippen LogP contribution in [0.3, 0.4) is 0 Å². The molecule has 1 N–H and O–H groups in total. The number of aromatic nitrogens is 2. The number of nitrogens with one attached hydrogen (secondary N) is 1. The smallest absolute Gasteiger partial charge is 0.152 e. The second-order valence-electron chi connectivity index (χ2n) is 3.62. The molecule has 1 heterocycles. The van der Waals surface area contributed by atoms with Gasteiger partial charge in [0.2, 0.25) is 0 Å². The summed E-state index contributed by atoms with van der Waals surface area (Å²) in [4.78, 5) is 9.90. The second kappa shape index (κ2) is 5.30. The van der Waals surface area contributed by atoms with Gasteiger partial charge < -0.3 is 10.2 Å². The normalized spacial score (nSPS) is 10.2. The SMILES string of the molecule is CNc1ncnc(N(C)c2ccccc2F)c1Br. The van der Waals surface area contributed by atoms with Crippen molar-refractivity contribution in [3.8, 4) is 0 Å². The highest BCUT2D eigenvalue weighted by atomic mass is 79.9. The fourth-order valence-corrected chi connectivity index (χ4v) is 2.28. The summed E-state index contributed by atoms with van der Waals surface area (Å²) in [6.45, 7) is 0. The van der Waals surface area contributed by atoms with Gasteiger partial charge in [-0.25, -0.2) is 14.4 Å². The summed E-state index contributed by atoms with van der Waals surface area (Å²) >= 11 is 3.41. The Bertz CT molecular complexity index is 562. The van der Waals surface area contributed by atoms with E-state index in [4.69, 9.17) is 0 Å². The highest BCUT2D eigenvalue weighted by molar-refractivity contribution is 9.10. The molecule has 0 spiro atoms. The number of para-hydroxylation sites is 1. The Labute approximate surface area is 113 Å². The third-order valence-corrected chi connectivity index (χ3v) is 3.27. The lowest BCUT2D eigenvalue weighted by Crippen LogP contribution is -2.14. The molecule has 0 aliphatic heterocycles. The molecule has 0 saturated heterocycles. The highest BCUT2D eigenvalue weighted by Gasteiger charge is 2.15. The lowest BCUT2D eigenvalue weighted by atomic mass is 10.3. The number of nitrogens with zero attached hydrogens (tertiary/aromatic N) is 3. The minimum absolute atomic E-state index is 0.295. The molecule has 18 heavy (non-hydrogen) atoms. The van der Waals surface area contributed by atoms with E-state index in [1.807, 2.05) is 0 Å². The van der Waals surface area contributed by atoms with Crippen LogP contribution in [0.1, 0.15) is 0 Å². The molecule has 1 aromatic carbocycles. The van der Waals surface area contributed by atoms with Crippen LogP contribution in [0.25, 0.3) is 0 Å². The first kappa shape index (κ1) is 12.8. The van der Waals surface area contributed by atoms with E-state index in [0.717, 1.165) is 0 Å². The van der Waals surface area contributed by atoms with Gasteiger partial charge in [0, 0.05) is 14.1 Å². The fraction of sp³-hybridized carbons (Fsp3) is 0.167. The molecular formula is C12H12BrFN4. The summed E-state index contributed by atoms with van der Waals surface area (Å²) in [7, 11) is 3.52. The minimum Gasteiger partial charge on any atom is -0.372 e. The molecule has 0 fully saturated rings. The average molecular weight is 311 g/mol. The summed E-state index contributed by atoms with van der Waals surface area (Å²) < 4.78 is 14.4. The van der Waals surface area contributed by atoms with Crippen molar-refractivity contribution >= 4 is 33.3 Å². The molecule has 1 aromatic heterocycles. The third kappa shape index (κ3) is 2.28. The van der Waals surface area contributed by atoms with Crippen molar-refractivity contribution in [2.75, 3.05) is 24.3 Å². The van der Waals surface area contributed by atoms with Crippen molar-refractivity contribution in [3.63, 3.8) is 0 Å². The fourth-order valence-electron chi connectivity index (χ4n) is 1.61. The number of halogens is 2. The summed E-state index contributed by atoms with van der Waals surface area (Å²) in [5, 5.41) is 2.94. The van der Waals surface area contributed by atoms with E-state index in [2.05, 4.69) is 31.2 Å². The predicted molar refractivity (Wildman–Crippen MR) is 73.7 cm³/mol. The Morgan fingerprint density at radius 2 is 2.00 bits per heavy atom. The molecule has 0 aliphatic carbocycles. The van der Waals surface area contributed by atoms with Crippen LogP contribution in [0.5, 0.6) is 0 Å². The van der Waals surface area contributed by atoms with Gasteiger partial charge >= 0.3 is 0 Å². The molecule has 4 nitrogen and oxygen atoms in total. The van der Waals surface area contributed by atoms with Crippen LogP contribution in [-0.2, 0) is 0 Å². The highest BCUT2D eigenvalue weighted by Crippen LogP contribution is 2.33. The van der Waals surface area contributed by atoms with Gasteiger partial charge in [0.15, 0.2) is 5.82 Å². The van der Waals surface area contributed by atoms with E-state index >= 15 is 0 Å². The van der Waals surface area contributed by atoms with Crippen molar-refractivity contribution < 1.29 is 4.39 Å². The van der Waals surface area contributed by atoms with E-state index in [1.54, 1.807) is 37.2 Å². The predicted octanol–water partition coefficient (Wildman–Crippen LogP) is 3.19. The summed E-state index contributed by atoms with van der Waals surface area (Å²) in [6.07, 6.45) is 1.43. The maximum Gasteiger partial charge on any atom is 0.152 e. The standard InChI is InChI=1S/C12H12BrFN4/c1-15-11-10(13)12(17-7-16-11)18(2)9-6-4-3-5-8(9)14/h3-7H,1-2H3,(H,15,16,17). The van der Waals surface area contributed by atoms with Crippen LogP contribution in [0.4, 0.5) is 21.7 Å². The van der Waals surface area contributed by atoms with Gasteiger partial charge in [-0.05, 0) is 28.1 Å². The van der Waals surface area contributed by atoms with Crippen LogP contribution in [0, 0.1) is 5.82 Å². The van der Waals surface area contributed by atoms with Crippen molar-refractivity contribution in [2.24, 2.45) is 0 Å². The van der Waals surface area contributed by atoms with Crippen LogP contribution in [-0.4, -0.2) is 24.1 Å². The zero-order valence-electron chi connectivity index (χ0n) is 9.98. The van der Waals surface area contributed by atoms with E-state index in [0.29, 0.717) is 21.8 Å². The van der Waals surface area contributed by atoms with Gasteiger partial charge in [0.05, 0.1) is 5.69 Å². The summed E-state index contributed by atoms with van der Waals surface area (Å²) in [5.74, 6) is 0.958. The third-order valence-electron chi connectivity index (χ3n) is 2.54. The molecule has 0 atom stereocenters. The van der Waals surface area contributed by atoms with E-state index in [9.17, 15) is 4.39 Å². The van der Waals surface area contributed by atoms with Crippen LogP contribution in [0.2, 0.25) is 0 Å². The number of anilines is 3. The Balaban J connectivity index is 2.47. The van der Waals surface area contributed by atoms with Crippen molar-refractivity contribution in [1.82, 2.24) is 9.97 Å². The first-order valence-corrected chi connectivity index (χ1v) is 6.11. The largest absolute Gasteiger partial charge is 0.372 e.